The van der Waals surface area contributed by atoms with Crippen LogP contribution in [0, 0.1) is 0 Å². The Kier molecular flexibility index (Phi) is 4.21. The minimum absolute atomic E-state index is 0.0395. The summed E-state index contributed by atoms with van der Waals surface area (Å²) in [4.78, 5) is 21.0. The SMILES string of the molecule is O=c1[nH][nH]c2cc(C(F)(F)F)c(-c3cc4cccnc4c(Nc4n[nH]c5ccccc45)n3)cc12. The maximum Gasteiger partial charge on any atom is 0.417 e. The molecule has 0 aliphatic heterocycles. The first-order chi connectivity index (χ1) is 16.4. The fourth-order valence-electron chi connectivity index (χ4n) is 4.01. The number of para-hydroxylation sites is 1. The van der Waals surface area contributed by atoms with E-state index in [-0.39, 0.29) is 28.0 Å². The van der Waals surface area contributed by atoms with Crippen LogP contribution in [0.1, 0.15) is 5.56 Å². The van der Waals surface area contributed by atoms with Crippen LogP contribution in [0.3, 0.4) is 0 Å². The summed E-state index contributed by atoms with van der Waals surface area (Å²) in [6, 6.07) is 14.5. The Morgan fingerprint density at radius 2 is 1.74 bits per heavy atom. The molecule has 0 fully saturated rings. The van der Waals surface area contributed by atoms with Gasteiger partial charge in [0.1, 0.15) is 5.52 Å². The van der Waals surface area contributed by atoms with Crippen LogP contribution in [-0.2, 0) is 6.18 Å². The normalized spacial score (nSPS) is 12.1. The number of aromatic amines is 3. The average molecular weight is 461 g/mol. The summed E-state index contributed by atoms with van der Waals surface area (Å²) in [5.74, 6) is 0.697. The highest BCUT2D eigenvalue weighted by atomic mass is 19.4. The Bertz CT molecular complexity index is 1760. The van der Waals surface area contributed by atoms with Gasteiger partial charge in [0.25, 0.3) is 5.56 Å². The van der Waals surface area contributed by atoms with Crippen molar-refractivity contribution in [2.75, 3.05) is 5.32 Å². The number of hydrogen-bond donors (Lipinski definition) is 4. The molecular weight excluding hydrogens is 447 g/mol. The molecule has 168 valence electrons. The van der Waals surface area contributed by atoms with Crippen LogP contribution in [0.4, 0.5) is 24.8 Å². The van der Waals surface area contributed by atoms with E-state index < -0.39 is 17.3 Å². The van der Waals surface area contributed by atoms with Gasteiger partial charge in [0.2, 0.25) is 0 Å². The Morgan fingerprint density at radius 3 is 2.59 bits per heavy atom. The van der Waals surface area contributed by atoms with Gasteiger partial charge in [-0.1, -0.05) is 18.2 Å². The second-order valence-electron chi connectivity index (χ2n) is 7.69. The Balaban J connectivity index is 1.60. The zero-order valence-corrected chi connectivity index (χ0v) is 17.2. The van der Waals surface area contributed by atoms with Crippen LogP contribution in [0.2, 0.25) is 0 Å². The number of aromatic nitrogens is 6. The maximum absolute atomic E-state index is 14.0. The van der Waals surface area contributed by atoms with E-state index in [2.05, 4.69) is 35.7 Å². The van der Waals surface area contributed by atoms with Gasteiger partial charge in [-0.25, -0.2) is 4.98 Å². The quantitative estimate of drug-likeness (QED) is 0.293. The number of fused-ring (bicyclic) bond motifs is 3. The molecule has 6 aromatic rings. The maximum atomic E-state index is 14.0. The number of H-pyrrole nitrogens is 3. The minimum atomic E-state index is -4.67. The van der Waals surface area contributed by atoms with E-state index in [1.807, 2.05) is 24.3 Å². The van der Waals surface area contributed by atoms with Crippen molar-refractivity contribution >= 4 is 44.3 Å². The van der Waals surface area contributed by atoms with Crippen molar-refractivity contribution in [2.45, 2.75) is 6.18 Å². The van der Waals surface area contributed by atoms with Crippen LogP contribution in [0.5, 0.6) is 0 Å². The monoisotopic (exact) mass is 461 g/mol. The van der Waals surface area contributed by atoms with Gasteiger partial charge in [-0.2, -0.15) is 18.3 Å². The molecule has 4 aromatic heterocycles. The summed E-state index contributed by atoms with van der Waals surface area (Å²) >= 11 is 0. The number of nitrogens with zero attached hydrogens (tertiary/aromatic N) is 3. The average Bonchev–Trinajstić information content (AvgIpc) is 3.41. The Labute approximate surface area is 187 Å². The summed E-state index contributed by atoms with van der Waals surface area (Å²) in [6.07, 6.45) is -3.10. The zero-order valence-electron chi connectivity index (χ0n) is 17.2. The standard InChI is InChI=1S/C23H14F3N7O/c24-23(25,26)15-10-18-14(22(34)33-31-18)9-13(15)17-8-11-4-3-7-27-19(11)21(28-17)29-20-12-5-1-2-6-16(12)30-32-20/h1-10H,(H2,31,33,34)(H2,28,29,30,32). The van der Waals surface area contributed by atoms with Gasteiger partial charge in [0, 0.05) is 22.5 Å². The largest absolute Gasteiger partial charge is 0.417 e. The van der Waals surface area contributed by atoms with Crippen molar-refractivity contribution in [1.29, 1.82) is 0 Å². The summed E-state index contributed by atoms with van der Waals surface area (Å²) in [5.41, 5.74) is -0.299. The third kappa shape index (κ3) is 3.17. The molecule has 0 spiro atoms. The molecule has 0 saturated heterocycles. The molecule has 8 nitrogen and oxygen atoms in total. The van der Waals surface area contributed by atoms with E-state index in [0.717, 1.165) is 17.0 Å². The molecule has 0 saturated carbocycles. The van der Waals surface area contributed by atoms with Crippen molar-refractivity contribution in [1.82, 2.24) is 30.4 Å². The van der Waals surface area contributed by atoms with Crippen LogP contribution in [-0.4, -0.2) is 30.4 Å². The van der Waals surface area contributed by atoms with Gasteiger partial charge in [-0.15, -0.1) is 0 Å². The highest BCUT2D eigenvalue weighted by Gasteiger charge is 2.35. The first-order valence-corrected chi connectivity index (χ1v) is 10.2. The molecule has 0 atom stereocenters. The van der Waals surface area contributed by atoms with Crippen molar-refractivity contribution in [2.24, 2.45) is 0 Å². The van der Waals surface area contributed by atoms with Crippen molar-refractivity contribution in [3.05, 3.63) is 76.7 Å². The van der Waals surface area contributed by atoms with Crippen molar-refractivity contribution in [3.63, 3.8) is 0 Å². The minimum Gasteiger partial charge on any atom is -0.321 e. The number of anilines is 2. The predicted molar refractivity (Wildman–Crippen MR) is 122 cm³/mol. The van der Waals surface area contributed by atoms with E-state index in [4.69, 9.17) is 0 Å². The number of nitrogens with one attached hydrogen (secondary N) is 4. The van der Waals surface area contributed by atoms with Gasteiger partial charge in [0.05, 0.1) is 27.7 Å². The highest BCUT2D eigenvalue weighted by Crippen LogP contribution is 2.39. The number of rotatable bonds is 3. The zero-order chi connectivity index (χ0) is 23.4. The Morgan fingerprint density at radius 1 is 0.882 bits per heavy atom. The number of hydrogen-bond acceptors (Lipinski definition) is 5. The van der Waals surface area contributed by atoms with Gasteiger partial charge < -0.3 is 5.32 Å². The van der Waals surface area contributed by atoms with E-state index in [1.165, 1.54) is 12.1 Å². The summed E-state index contributed by atoms with van der Waals surface area (Å²) in [7, 11) is 0. The molecule has 0 amide bonds. The number of pyridine rings is 2. The van der Waals surface area contributed by atoms with Crippen LogP contribution >= 0.6 is 0 Å². The van der Waals surface area contributed by atoms with Gasteiger partial charge >= 0.3 is 6.18 Å². The summed E-state index contributed by atoms with van der Waals surface area (Å²) < 4.78 is 42.0. The molecule has 34 heavy (non-hydrogen) atoms. The molecule has 0 unspecified atom stereocenters. The van der Waals surface area contributed by atoms with E-state index in [9.17, 15) is 18.0 Å². The molecule has 4 heterocycles. The first-order valence-electron chi connectivity index (χ1n) is 10.2. The third-order valence-electron chi connectivity index (χ3n) is 5.59. The lowest BCUT2D eigenvalue weighted by Gasteiger charge is -2.15. The smallest absolute Gasteiger partial charge is 0.321 e. The molecule has 0 radical (unpaired) electrons. The first kappa shape index (κ1) is 20.0. The molecule has 0 aliphatic rings. The van der Waals surface area contributed by atoms with E-state index in [0.29, 0.717) is 16.7 Å². The fourth-order valence-corrected chi connectivity index (χ4v) is 4.01. The molecular formula is C23H14F3N7O. The molecule has 4 N–H and O–H groups in total. The second-order valence-corrected chi connectivity index (χ2v) is 7.69. The van der Waals surface area contributed by atoms with E-state index >= 15 is 0 Å². The van der Waals surface area contributed by atoms with Gasteiger partial charge in [-0.05, 0) is 36.4 Å². The predicted octanol–water partition coefficient (Wildman–Crippen LogP) is 5.11. The molecule has 0 bridgehead atoms. The molecule has 2 aromatic carbocycles. The number of halogens is 3. The van der Waals surface area contributed by atoms with Gasteiger partial charge in [0.15, 0.2) is 11.6 Å². The number of benzene rings is 2. The summed E-state index contributed by atoms with van der Waals surface area (Å²) in [5, 5.41) is 16.5. The molecule has 6 rings (SSSR count). The lowest BCUT2D eigenvalue weighted by Crippen LogP contribution is -2.09. The van der Waals surface area contributed by atoms with Crippen LogP contribution in [0.15, 0.2) is 65.6 Å². The van der Waals surface area contributed by atoms with Crippen LogP contribution < -0.4 is 10.9 Å². The van der Waals surface area contributed by atoms with E-state index in [1.54, 1.807) is 18.3 Å². The summed E-state index contributed by atoms with van der Waals surface area (Å²) in [6.45, 7) is 0. The van der Waals surface area contributed by atoms with Crippen LogP contribution in [0.25, 0.3) is 44.0 Å². The highest BCUT2D eigenvalue weighted by molar-refractivity contribution is 5.97. The van der Waals surface area contributed by atoms with Crippen molar-refractivity contribution < 1.29 is 13.2 Å². The van der Waals surface area contributed by atoms with Crippen molar-refractivity contribution in [3.8, 4) is 11.3 Å². The third-order valence-corrected chi connectivity index (χ3v) is 5.59. The van der Waals surface area contributed by atoms with Gasteiger partial charge in [-0.3, -0.25) is 25.1 Å². The fraction of sp³-hybridized carbons (Fsp3) is 0.0435. The molecule has 11 heteroatoms. The lowest BCUT2D eigenvalue weighted by molar-refractivity contribution is -0.137. The second kappa shape index (κ2) is 7.17. The lowest BCUT2D eigenvalue weighted by atomic mass is 10.00. The molecule has 0 aliphatic carbocycles. The number of alkyl halides is 3. The topological polar surface area (TPSA) is 115 Å². The Hall–Kier alpha value is -4.67.